The van der Waals surface area contributed by atoms with Gasteiger partial charge in [0.15, 0.2) is 11.5 Å². The molecule has 0 amide bonds. The number of aryl methyl sites for hydroxylation is 2. The second kappa shape index (κ2) is 8.61. The number of methoxy groups -OCH3 is 2. The van der Waals surface area contributed by atoms with E-state index < -0.39 is 0 Å². The molecule has 0 aliphatic heterocycles. The molecule has 0 saturated carbocycles. The Kier molecular flexibility index (Phi) is 5.73. The Hall–Kier alpha value is -3.65. The first-order chi connectivity index (χ1) is 15.0. The largest absolute Gasteiger partial charge is 0.493 e. The van der Waals surface area contributed by atoms with Crippen LogP contribution in [0, 0.1) is 0 Å². The Morgan fingerprint density at radius 1 is 0.839 bits per heavy atom. The van der Waals surface area contributed by atoms with Gasteiger partial charge in [-0.3, -0.25) is 9.59 Å². The highest BCUT2D eigenvalue weighted by molar-refractivity contribution is 5.91. The number of nitrogens with zero attached hydrogens (tertiary/aromatic N) is 3. The fourth-order valence-corrected chi connectivity index (χ4v) is 3.65. The minimum atomic E-state index is -0.277. The van der Waals surface area contributed by atoms with Crippen molar-refractivity contribution in [3.05, 3.63) is 75.1 Å². The summed E-state index contributed by atoms with van der Waals surface area (Å²) in [6, 6.07) is 10.8. The molecule has 0 spiro atoms. The van der Waals surface area contributed by atoms with Gasteiger partial charge in [-0.25, -0.2) is 4.98 Å². The van der Waals surface area contributed by atoms with Crippen molar-refractivity contribution in [3.8, 4) is 11.5 Å². The van der Waals surface area contributed by atoms with E-state index in [-0.39, 0.29) is 24.3 Å². The lowest BCUT2D eigenvalue weighted by Gasteiger charge is -2.11. The van der Waals surface area contributed by atoms with E-state index in [0.717, 1.165) is 5.56 Å². The number of aliphatic hydroxyl groups excluding tert-OH is 1. The topological polar surface area (TPSA) is 95.6 Å². The van der Waals surface area contributed by atoms with Crippen LogP contribution in [0.5, 0.6) is 11.5 Å². The molecule has 3 heterocycles. The van der Waals surface area contributed by atoms with Crippen LogP contribution < -0.4 is 20.6 Å². The SMILES string of the molecule is COc1ccc(CCn2ccc3nc4ccn(CCO)c(=O)c4cc3c2=O)cc1OC. The highest BCUT2D eigenvalue weighted by Crippen LogP contribution is 2.27. The number of aromatic nitrogens is 3. The van der Waals surface area contributed by atoms with E-state index >= 15 is 0 Å². The van der Waals surface area contributed by atoms with Crippen LogP contribution in [0.1, 0.15) is 5.56 Å². The molecular formula is C23H23N3O5. The molecule has 0 aliphatic rings. The standard InChI is InChI=1S/C23H23N3O5/c1-30-20-4-3-15(13-21(20)31-2)5-8-25-9-6-18-16(22(25)28)14-17-19(24-18)7-10-26(11-12-27)23(17)29/h3-4,6-7,9-10,13-14,27H,5,8,11-12H2,1-2H3. The Bertz CT molecular complexity index is 1370. The van der Waals surface area contributed by atoms with Gasteiger partial charge in [-0.1, -0.05) is 6.07 Å². The van der Waals surface area contributed by atoms with Gasteiger partial charge in [0.05, 0.1) is 42.6 Å². The van der Waals surface area contributed by atoms with Gasteiger partial charge in [-0.15, -0.1) is 0 Å². The number of fused-ring (bicyclic) bond motifs is 2. The van der Waals surface area contributed by atoms with Crippen molar-refractivity contribution in [3.63, 3.8) is 0 Å². The predicted molar refractivity (Wildman–Crippen MR) is 118 cm³/mol. The van der Waals surface area contributed by atoms with Crippen LogP contribution in [0.25, 0.3) is 21.8 Å². The maximum absolute atomic E-state index is 13.1. The van der Waals surface area contributed by atoms with E-state index in [2.05, 4.69) is 4.98 Å². The van der Waals surface area contributed by atoms with Gasteiger partial charge in [0.2, 0.25) is 0 Å². The molecule has 31 heavy (non-hydrogen) atoms. The molecule has 4 aromatic rings. The van der Waals surface area contributed by atoms with E-state index in [0.29, 0.717) is 46.3 Å². The second-order valence-corrected chi connectivity index (χ2v) is 7.15. The summed E-state index contributed by atoms with van der Waals surface area (Å²) < 4.78 is 13.6. The second-order valence-electron chi connectivity index (χ2n) is 7.15. The third kappa shape index (κ3) is 3.89. The van der Waals surface area contributed by atoms with Crippen molar-refractivity contribution in [1.82, 2.24) is 14.1 Å². The molecule has 0 saturated heterocycles. The minimum absolute atomic E-state index is 0.143. The minimum Gasteiger partial charge on any atom is -0.493 e. The van der Waals surface area contributed by atoms with Gasteiger partial charge in [0.1, 0.15) is 0 Å². The van der Waals surface area contributed by atoms with E-state index in [4.69, 9.17) is 14.6 Å². The van der Waals surface area contributed by atoms with Gasteiger partial charge in [-0.2, -0.15) is 0 Å². The van der Waals surface area contributed by atoms with E-state index in [1.165, 1.54) is 4.57 Å². The number of rotatable bonds is 7. The van der Waals surface area contributed by atoms with Crippen LogP contribution >= 0.6 is 0 Å². The van der Waals surface area contributed by atoms with Crippen LogP contribution in [0.4, 0.5) is 0 Å². The molecule has 4 rings (SSSR count). The fourth-order valence-electron chi connectivity index (χ4n) is 3.65. The van der Waals surface area contributed by atoms with E-state index in [1.54, 1.807) is 49.4 Å². The molecule has 8 heteroatoms. The highest BCUT2D eigenvalue weighted by Gasteiger charge is 2.11. The van der Waals surface area contributed by atoms with Gasteiger partial charge < -0.3 is 23.7 Å². The van der Waals surface area contributed by atoms with Crippen LogP contribution in [0.2, 0.25) is 0 Å². The molecule has 3 aromatic heterocycles. The predicted octanol–water partition coefficient (Wildman–Crippen LogP) is 1.96. The molecule has 1 N–H and O–H groups in total. The van der Waals surface area contributed by atoms with E-state index in [9.17, 15) is 9.59 Å². The van der Waals surface area contributed by atoms with Gasteiger partial charge in [-0.05, 0) is 42.3 Å². The zero-order valence-electron chi connectivity index (χ0n) is 17.4. The fraction of sp³-hybridized carbons (Fsp3) is 0.261. The normalized spacial score (nSPS) is 11.2. The lowest BCUT2D eigenvalue weighted by Crippen LogP contribution is -2.23. The first kappa shape index (κ1) is 20.6. The Morgan fingerprint density at radius 3 is 2.03 bits per heavy atom. The summed E-state index contributed by atoms with van der Waals surface area (Å²) in [5, 5.41) is 9.89. The Balaban J connectivity index is 1.70. The third-order valence-electron chi connectivity index (χ3n) is 5.32. The summed E-state index contributed by atoms with van der Waals surface area (Å²) in [6.07, 6.45) is 3.94. The van der Waals surface area contributed by atoms with Crippen LogP contribution in [0.3, 0.4) is 0 Å². The molecule has 0 bridgehead atoms. The summed E-state index contributed by atoms with van der Waals surface area (Å²) >= 11 is 0. The highest BCUT2D eigenvalue weighted by atomic mass is 16.5. The average molecular weight is 421 g/mol. The molecule has 1 aromatic carbocycles. The average Bonchev–Trinajstić information content (AvgIpc) is 2.79. The first-order valence-electron chi connectivity index (χ1n) is 9.91. The van der Waals surface area contributed by atoms with E-state index in [1.807, 2.05) is 18.2 Å². The molecule has 0 fully saturated rings. The number of hydrogen-bond donors (Lipinski definition) is 1. The monoisotopic (exact) mass is 421 g/mol. The van der Waals surface area contributed by atoms with Crippen molar-refractivity contribution in [2.24, 2.45) is 0 Å². The molecule has 0 aliphatic carbocycles. The van der Waals surface area contributed by atoms with Crippen LogP contribution in [0.15, 0.2) is 58.4 Å². The Morgan fingerprint density at radius 2 is 1.45 bits per heavy atom. The summed E-state index contributed by atoms with van der Waals surface area (Å²) in [6.45, 7) is 0.512. The summed E-state index contributed by atoms with van der Waals surface area (Å²) in [5.41, 5.74) is 1.59. The van der Waals surface area contributed by atoms with Gasteiger partial charge in [0.25, 0.3) is 11.1 Å². The Labute approximate surface area is 177 Å². The van der Waals surface area contributed by atoms with Crippen molar-refractivity contribution in [2.45, 2.75) is 19.5 Å². The van der Waals surface area contributed by atoms with Crippen molar-refractivity contribution >= 4 is 21.8 Å². The molecule has 8 nitrogen and oxygen atoms in total. The quantitative estimate of drug-likeness (QED) is 0.459. The lowest BCUT2D eigenvalue weighted by atomic mass is 10.1. The maximum atomic E-state index is 13.1. The maximum Gasteiger partial charge on any atom is 0.260 e. The van der Waals surface area contributed by atoms with Gasteiger partial charge >= 0.3 is 0 Å². The number of ether oxygens (including phenoxy) is 2. The zero-order valence-corrected chi connectivity index (χ0v) is 17.4. The molecule has 0 unspecified atom stereocenters. The third-order valence-corrected chi connectivity index (χ3v) is 5.32. The molecule has 160 valence electrons. The van der Waals surface area contributed by atoms with Gasteiger partial charge in [0, 0.05) is 25.5 Å². The first-order valence-corrected chi connectivity index (χ1v) is 9.91. The van der Waals surface area contributed by atoms with Crippen molar-refractivity contribution in [1.29, 1.82) is 0 Å². The molecular weight excluding hydrogens is 398 g/mol. The summed E-state index contributed by atoms with van der Waals surface area (Å²) in [4.78, 5) is 30.2. The molecule has 0 radical (unpaired) electrons. The smallest absolute Gasteiger partial charge is 0.260 e. The number of benzene rings is 1. The van der Waals surface area contributed by atoms with Crippen LogP contribution in [-0.2, 0) is 19.5 Å². The zero-order chi connectivity index (χ0) is 22.0. The summed E-state index contributed by atoms with van der Waals surface area (Å²) in [5.74, 6) is 1.29. The number of pyridine rings is 3. The molecule has 0 atom stereocenters. The number of hydrogen-bond acceptors (Lipinski definition) is 6. The van der Waals surface area contributed by atoms with Crippen molar-refractivity contribution in [2.75, 3.05) is 20.8 Å². The lowest BCUT2D eigenvalue weighted by molar-refractivity contribution is 0.274. The van der Waals surface area contributed by atoms with Crippen molar-refractivity contribution < 1.29 is 14.6 Å². The summed E-state index contributed by atoms with van der Waals surface area (Å²) in [7, 11) is 3.17. The van der Waals surface area contributed by atoms with Crippen LogP contribution in [-0.4, -0.2) is 40.1 Å². The number of aliphatic hydroxyl groups is 1.